The molecule has 0 saturated carbocycles. The van der Waals surface area contributed by atoms with Crippen molar-refractivity contribution in [1.82, 2.24) is 24.6 Å². The summed E-state index contributed by atoms with van der Waals surface area (Å²) in [5.74, 6) is 0.700. The molecule has 84 valence electrons. The summed E-state index contributed by atoms with van der Waals surface area (Å²) in [6.07, 6.45) is 6.90. The molecule has 3 rings (SSSR count). The molecule has 2 N–H and O–H groups in total. The van der Waals surface area contributed by atoms with E-state index in [9.17, 15) is 0 Å². The maximum absolute atomic E-state index is 5.53. The highest BCUT2D eigenvalue weighted by atomic mass is 15.3. The van der Waals surface area contributed by atoms with Gasteiger partial charge >= 0.3 is 0 Å². The molecular weight excluding hydrogens is 216 g/mol. The SMILES string of the molecule is NCc1ccc(-c2nnc3cnccn23)nc1. The van der Waals surface area contributed by atoms with Gasteiger partial charge in [-0.05, 0) is 11.6 Å². The van der Waals surface area contributed by atoms with Gasteiger partial charge in [0.1, 0.15) is 5.69 Å². The quantitative estimate of drug-likeness (QED) is 0.693. The van der Waals surface area contributed by atoms with Crippen molar-refractivity contribution in [3.63, 3.8) is 0 Å². The lowest BCUT2D eigenvalue weighted by molar-refractivity contribution is 1.03. The zero-order chi connectivity index (χ0) is 11.7. The van der Waals surface area contributed by atoms with E-state index in [1.807, 2.05) is 22.7 Å². The molecule has 3 heterocycles. The molecule has 0 bridgehead atoms. The smallest absolute Gasteiger partial charge is 0.187 e. The van der Waals surface area contributed by atoms with Crippen LogP contribution in [-0.2, 0) is 6.54 Å². The van der Waals surface area contributed by atoms with E-state index in [0.29, 0.717) is 18.0 Å². The third-order valence-corrected chi connectivity index (χ3v) is 2.50. The number of hydrogen-bond acceptors (Lipinski definition) is 5. The number of nitrogens with two attached hydrogens (primary N) is 1. The van der Waals surface area contributed by atoms with Gasteiger partial charge in [-0.2, -0.15) is 0 Å². The van der Waals surface area contributed by atoms with Crippen LogP contribution in [0.2, 0.25) is 0 Å². The Morgan fingerprint density at radius 3 is 2.88 bits per heavy atom. The first kappa shape index (κ1) is 9.86. The van der Waals surface area contributed by atoms with Crippen LogP contribution in [0.3, 0.4) is 0 Å². The summed E-state index contributed by atoms with van der Waals surface area (Å²) < 4.78 is 1.84. The molecule has 0 aliphatic carbocycles. The summed E-state index contributed by atoms with van der Waals surface area (Å²) in [7, 11) is 0. The Labute approximate surface area is 97.2 Å². The zero-order valence-electron chi connectivity index (χ0n) is 8.98. The lowest BCUT2D eigenvalue weighted by Gasteiger charge is -2.00. The average Bonchev–Trinajstić information content (AvgIpc) is 2.83. The number of hydrogen-bond donors (Lipinski definition) is 1. The number of rotatable bonds is 2. The molecule has 0 spiro atoms. The molecule has 0 radical (unpaired) electrons. The van der Waals surface area contributed by atoms with E-state index in [-0.39, 0.29) is 0 Å². The third-order valence-electron chi connectivity index (χ3n) is 2.50. The van der Waals surface area contributed by atoms with Crippen LogP contribution >= 0.6 is 0 Å². The van der Waals surface area contributed by atoms with Gasteiger partial charge in [-0.15, -0.1) is 10.2 Å². The number of pyridine rings is 1. The Hall–Kier alpha value is -2.34. The van der Waals surface area contributed by atoms with Crippen LogP contribution < -0.4 is 5.73 Å². The highest BCUT2D eigenvalue weighted by molar-refractivity contribution is 5.54. The van der Waals surface area contributed by atoms with Crippen LogP contribution in [0.25, 0.3) is 17.2 Å². The van der Waals surface area contributed by atoms with Crippen molar-refractivity contribution < 1.29 is 0 Å². The van der Waals surface area contributed by atoms with E-state index < -0.39 is 0 Å². The molecule has 6 nitrogen and oxygen atoms in total. The third kappa shape index (κ3) is 1.64. The molecule has 0 aromatic carbocycles. The van der Waals surface area contributed by atoms with Crippen molar-refractivity contribution in [2.24, 2.45) is 5.73 Å². The Balaban J connectivity index is 2.13. The van der Waals surface area contributed by atoms with Gasteiger partial charge in [0.15, 0.2) is 11.5 Å². The van der Waals surface area contributed by atoms with Crippen LogP contribution in [0.5, 0.6) is 0 Å². The molecule has 0 amide bonds. The van der Waals surface area contributed by atoms with Crippen LogP contribution in [0.1, 0.15) is 5.56 Å². The molecule has 0 unspecified atom stereocenters. The van der Waals surface area contributed by atoms with E-state index in [2.05, 4.69) is 20.2 Å². The Bertz CT molecular complexity index is 642. The molecule has 3 aromatic heterocycles. The first-order valence-corrected chi connectivity index (χ1v) is 5.18. The first-order valence-electron chi connectivity index (χ1n) is 5.18. The first-order chi connectivity index (χ1) is 8.38. The van der Waals surface area contributed by atoms with Crippen molar-refractivity contribution in [1.29, 1.82) is 0 Å². The van der Waals surface area contributed by atoms with Gasteiger partial charge in [-0.25, -0.2) is 0 Å². The predicted molar refractivity (Wildman–Crippen MR) is 61.9 cm³/mol. The van der Waals surface area contributed by atoms with Gasteiger partial charge in [-0.1, -0.05) is 6.07 Å². The van der Waals surface area contributed by atoms with Gasteiger partial charge in [-0.3, -0.25) is 14.4 Å². The van der Waals surface area contributed by atoms with Crippen LogP contribution in [0.15, 0.2) is 36.9 Å². The van der Waals surface area contributed by atoms with E-state index in [0.717, 1.165) is 11.3 Å². The molecule has 0 aliphatic rings. The lowest BCUT2D eigenvalue weighted by atomic mass is 10.2. The zero-order valence-corrected chi connectivity index (χ0v) is 8.98. The van der Waals surface area contributed by atoms with E-state index >= 15 is 0 Å². The minimum Gasteiger partial charge on any atom is -0.326 e. The topological polar surface area (TPSA) is 82.0 Å². The summed E-state index contributed by atoms with van der Waals surface area (Å²) >= 11 is 0. The number of fused-ring (bicyclic) bond motifs is 1. The molecular formula is C11H10N6. The molecule has 6 heteroatoms. The van der Waals surface area contributed by atoms with Crippen LogP contribution in [0, 0.1) is 0 Å². The number of aromatic nitrogens is 5. The summed E-state index contributed by atoms with van der Waals surface area (Å²) in [6, 6.07) is 3.82. The van der Waals surface area contributed by atoms with E-state index in [1.54, 1.807) is 18.6 Å². The average molecular weight is 226 g/mol. The van der Waals surface area contributed by atoms with Gasteiger partial charge in [0.05, 0.1) is 6.20 Å². The minimum atomic E-state index is 0.484. The highest BCUT2D eigenvalue weighted by Crippen LogP contribution is 2.15. The summed E-state index contributed by atoms with van der Waals surface area (Å²) in [5, 5.41) is 8.12. The maximum Gasteiger partial charge on any atom is 0.187 e. The van der Waals surface area contributed by atoms with Gasteiger partial charge in [0.25, 0.3) is 0 Å². The fraction of sp³-hybridized carbons (Fsp3) is 0.0909. The highest BCUT2D eigenvalue weighted by Gasteiger charge is 2.08. The summed E-state index contributed by atoms with van der Waals surface area (Å²) in [5.41, 5.74) is 7.98. The Morgan fingerprint density at radius 1 is 1.18 bits per heavy atom. The standard InChI is InChI=1S/C11H10N6/c12-5-8-1-2-9(14-6-8)11-16-15-10-7-13-3-4-17(10)11/h1-4,6-7H,5,12H2. The molecule has 0 fully saturated rings. The Morgan fingerprint density at radius 2 is 2.12 bits per heavy atom. The molecule has 0 aliphatic heterocycles. The van der Waals surface area contributed by atoms with Gasteiger partial charge < -0.3 is 5.73 Å². The van der Waals surface area contributed by atoms with Crippen molar-refractivity contribution in [3.8, 4) is 11.5 Å². The van der Waals surface area contributed by atoms with Crippen molar-refractivity contribution in [2.75, 3.05) is 0 Å². The van der Waals surface area contributed by atoms with E-state index in [1.165, 1.54) is 0 Å². The molecule has 0 saturated heterocycles. The largest absolute Gasteiger partial charge is 0.326 e. The van der Waals surface area contributed by atoms with Crippen LogP contribution in [0.4, 0.5) is 0 Å². The minimum absolute atomic E-state index is 0.484. The molecule has 0 atom stereocenters. The van der Waals surface area contributed by atoms with Crippen molar-refractivity contribution >= 4 is 5.65 Å². The predicted octanol–water partition coefficient (Wildman–Crippen LogP) is 0.645. The van der Waals surface area contributed by atoms with Crippen molar-refractivity contribution in [3.05, 3.63) is 42.5 Å². The lowest BCUT2D eigenvalue weighted by Crippen LogP contribution is -1.98. The second kappa shape index (κ2) is 3.91. The molecule has 17 heavy (non-hydrogen) atoms. The molecule has 3 aromatic rings. The maximum atomic E-state index is 5.53. The van der Waals surface area contributed by atoms with Crippen LogP contribution in [-0.4, -0.2) is 24.6 Å². The van der Waals surface area contributed by atoms with E-state index in [4.69, 9.17) is 5.73 Å². The fourth-order valence-electron chi connectivity index (χ4n) is 1.61. The Kier molecular flexibility index (Phi) is 2.27. The van der Waals surface area contributed by atoms with Crippen molar-refractivity contribution in [2.45, 2.75) is 6.54 Å². The van der Waals surface area contributed by atoms with Gasteiger partial charge in [0, 0.05) is 25.1 Å². The summed E-state index contributed by atoms with van der Waals surface area (Å²) in [6.45, 7) is 0.484. The van der Waals surface area contributed by atoms with Gasteiger partial charge in [0.2, 0.25) is 0 Å². The second-order valence-corrected chi connectivity index (χ2v) is 3.58. The normalized spacial score (nSPS) is 10.9. The fourth-order valence-corrected chi connectivity index (χ4v) is 1.61. The number of nitrogens with zero attached hydrogens (tertiary/aromatic N) is 5. The summed E-state index contributed by atoms with van der Waals surface area (Å²) in [4.78, 5) is 8.31. The second-order valence-electron chi connectivity index (χ2n) is 3.58. The monoisotopic (exact) mass is 226 g/mol.